The van der Waals surface area contributed by atoms with Crippen molar-refractivity contribution in [1.82, 2.24) is 0 Å². The van der Waals surface area contributed by atoms with E-state index >= 15 is 0 Å². The van der Waals surface area contributed by atoms with Crippen LogP contribution in [0.4, 0.5) is 0 Å². The minimum Gasteiger partial charge on any atom is -0.756 e. The normalized spacial score (nSPS) is 14.0. The summed E-state index contributed by atoms with van der Waals surface area (Å²) in [6.45, 7) is 4.09. The number of carbonyl (C=O) groups excluding carboxylic acids is 2. The van der Waals surface area contributed by atoms with E-state index < -0.39 is 32.5 Å². The lowest BCUT2D eigenvalue weighted by Gasteiger charge is -2.28. The number of phosphoric ester groups is 1. The standard InChI is InChI=1S/C54H96NO8P/c1-6-8-10-12-14-16-18-20-22-24-26-27-29-31-33-35-37-39-41-43-45-47-54(57)63-52(51-62-64(58,59)61-49-48-55(3,4)5)50-60-53(56)46-44-42-40-38-36-34-32-30-28-25-23-21-19-17-15-13-11-9-7-2/h8,10,14,16,20-23,26-27,31,33,52H,6-7,9,11-13,15,17-19,24-25,28-30,32,34-51H2,1-5H3/b10-8-,16-14-,22-20-,23-21-,27-26-,33-31-. The molecule has 0 aromatic heterocycles. The molecular formula is C54H96NO8P. The minimum atomic E-state index is -4.64. The molecule has 0 radical (unpaired) electrons. The molecule has 0 fully saturated rings. The number of carbonyl (C=O) groups is 2. The molecule has 0 saturated carbocycles. The Kier molecular flexibility index (Phi) is 43.8. The average molecular weight is 918 g/mol. The van der Waals surface area contributed by atoms with Gasteiger partial charge < -0.3 is 27.9 Å². The highest BCUT2D eigenvalue weighted by atomic mass is 31.2. The van der Waals surface area contributed by atoms with Gasteiger partial charge in [0, 0.05) is 12.8 Å². The van der Waals surface area contributed by atoms with E-state index in [1.807, 2.05) is 21.1 Å². The number of hydrogen-bond acceptors (Lipinski definition) is 8. The van der Waals surface area contributed by atoms with E-state index in [9.17, 15) is 19.0 Å². The van der Waals surface area contributed by atoms with E-state index in [1.165, 1.54) is 89.9 Å². The van der Waals surface area contributed by atoms with Crippen molar-refractivity contribution in [3.05, 3.63) is 72.9 Å². The molecule has 0 aromatic rings. The molecule has 0 rings (SSSR count). The number of likely N-dealkylation sites (N-methyl/N-ethyl adjacent to an activating group) is 1. The van der Waals surface area contributed by atoms with E-state index in [-0.39, 0.29) is 26.1 Å². The van der Waals surface area contributed by atoms with Crippen LogP contribution in [0.3, 0.4) is 0 Å². The maximum Gasteiger partial charge on any atom is 0.306 e. The average Bonchev–Trinajstić information content (AvgIpc) is 3.25. The smallest absolute Gasteiger partial charge is 0.306 e. The zero-order chi connectivity index (χ0) is 47.1. The van der Waals surface area contributed by atoms with Crippen molar-refractivity contribution in [2.45, 2.75) is 213 Å². The van der Waals surface area contributed by atoms with Crippen LogP contribution in [-0.4, -0.2) is 70.0 Å². The summed E-state index contributed by atoms with van der Waals surface area (Å²) in [6, 6.07) is 0. The van der Waals surface area contributed by atoms with Crippen LogP contribution in [0.15, 0.2) is 72.9 Å². The van der Waals surface area contributed by atoms with Gasteiger partial charge in [-0.15, -0.1) is 0 Å². The number of hydrogen-bond donors (Lipinski definition) is 0. The Morgan fingerprint density at radius 3 is 1.34 bits per heavy atom. The molecule has 0 aliphatic heterocycles. The Hall–Kier alpha value is -2.55. The van der Waals surface area contributed by atoms with Gasteiger partial charge in [0.1, 0.15) is 19.8 Å². The highest BCUT2D eigenvalue weighted by Crippen LogP contribution is 2.38. The molecule has 0 amide bonds. The molecule has 10 heteroatoms. The minimum absolute atomic E-state index is 0.0384. The van der Waals surface area contributed by atoms with Crippen molar-refractivity contribution >= 4 is 19.8 Å². The fourth-order valence-electron chi connectivity index (χ4n) is 6.73. The van der Waals surface area contributed by atoms with E-state index in [4.69, 9.17) is 18.5 Å². The number of ether oxygens (including phenoxy) is 2. The van der Waals surface area contributed by atoms with Gasteiger partial charge in [-0.25, -0.2) is 0 Å². The zero-order valence-corrected chi connectivity index (χ0v) is 42.6. The summed E-state index contributed by atoms with van der Waals surface area (Å²) in [5.74, 6) is -0.859. The number of rotatable bonds is 46. The maximum absolute atomic E-state index is 12.7. The van der Waals surface area contributed by atoms with Crippen LogP contribution in [0.5, 0.6) is 0 Å². The molecule has 0 heterocycles. The second kappa shape index (κ2) is 45.6. The fourth-order valence-corrected chi connectivity index (χ4v) is 7.46. The molecule has 2 atom stereocenters. The summed E-state index contributed by atoms with van der Waals surface area (Å²) in [5.41, 5.74) is 0. The Morgan fingerprint density at radius 1 is 0.500 bits per heavy atom. The quantitative estimate of drug-likeness (QED) is 0.0195. The van der Waals surface area contributed by atoms with Crippen LogP contribution < -0.4 is 4.89 Å². The molecule has 2 unspecified atom stereocenters. The molecule has 0 aliphatic rings. The lowest BCUT2D eigenvalue weighted by molar-refractivity contribution is -0.870. The number of phosphoric acid groups is 1. The first kappa shape index (κ1) is 61.5. The third-order valence-corrected chi connectivity index (χ3v) is 11.7. The lowest BCUT2D eigenvalue weighted by atomic mass is 10.1. The van der Waals surface area contributed by atoms with Gasteiger partial charge >= 0.3 is 11.9 Å². The van der Waals surface area contributed by atoms with Crippen molar-refractivity contribution < 1.29 is 42.1 Å². The molecule has 64 heavy (non-hydrogen) atoms. The maximum atomic E-state index is 12.7. The largest absolute Gasteiger partial charge is 0.756 e. The first-order chi connectivity index (χ1) is 31.0. The van der Waals surface area contributed by atoms with Crippen molar-refractivity contribution in [3.63, 3.8) is 0 Å². The lowest BCUT2D eigenvalue weighted by Crippen LogP contribution is -2.37. The third-order valence-electron chi connectivity index (χ3n) is 10.7. The van der Waals surface area contributed by atoms with Crippen molar-refractivity contribution in [2.24, 2.45) is 0 Å². The molecule has 0 saturated heterocycles. The Bertz CT molecular complexity index is 1310. The summed E-state index contributed by atoms with van der Waals surface area (Å²) in [4.78, 5) is 37.7. The summed E-state index contributed by atoms with van der Waals surface area (Å²) < 4.78 is 34.0. The summed E-state index contributed by atoms with van der Waals surface area (Å²) in [7, 11) is 1.14. The van der Waals surface area contributed by atoms with Crippen LogP contribution in [0.2, 0.25) is 0 Å². The van der Waals surface area contributed by atoms with E-state index in [0.29, 0.717) is 17.4 Å². The molecule has 0 spiro atoms. The number of quaternary nitrogens is 1. The van der Waals surface area contributed by atoms with Gasteiger partial charge in [-0.2, -0.15) is 0 Å². The fraction of sp³-hybridized carbons (Fsp3) is 0.741. The predicted molar refractivity (Wildman–Crippen MR) is 268 cm³/mol. The number of unbranched alkanes of at least 4 members (excludes halogenated alkanes) is 20. The van der Waals surface area contributed by atoms with Crippen molar-refractivity contribution in [1.29, 1.82) is 0 Å². The van der Waals surface area contributed by atoms with Crippen LogP contribution in [-0.2, 0) is 32.7 Å². The van der Waals surface area contributed by atoms with Gasteiger partial charge in [0.05, 0.1) is 27.7 Å². The molecule has 0 aliphatic carbocycles. The van der Waals surface area contributed by atoms with Gasteiger partial charge in [0.25, 0.3) is 7.82 Å². The van der Waals surface area contributed by atoms with Crippen LogP contribution in [0, 0.1) is 0 Å². The predicted octanol–water partition coefficient (Wildman–Crippen LogP) is 14.7. The third kappa shape index (κ3) is 48.9. The molecule has 0 aromatic carbocycles. The molecular weight excluding hydrogens is 822 g/mol. The molecule has 0 bridgehead atoms. The summed E-state index contributed by atoms with van der Waals surface area (Å²) in [6.07, 6.45) is 57.8. The van der Waals surface area contributed by atoms with Crippen LogP contribution >= 0.6 is 7.82 Å². The SMILES string of the molecule is CC/C=C\C/C=C\C/C=C\C/C=C\C/C=C\CCCCCCCC(=O)OC(COC(=O)CCCCCCCCCCC/C=C\CCCCCCCC)COP(=O)([O-])OCC[N+](C)(C)C. The summed E-state index contributed by atoms with van der Waals surface area (Å²) in [5, 5.41) is 0. The second-order valence-electron chi connectivity index (χ2n) is 18.1. The van der Waals surface area contributed by atoms with E-state index in [0.717, 1.165) is 83.5 Å². The first-order valence-electron chi connectivity index (χ1n) is 25.6. The monoisotopic (exact) mass is 918 g/mol. The van der Waals surface area contributed by atoms with E-state index in [2.05, 4.69) is 86.8 Å². The van der Waals surface area contributed by atoms with Gasteiger partial charge in [-0.05, 0) is 83.5 Å². The van der Waals surface area contributed by atoms with Crippen molar-refractivity contribution in [3.8, 4) is 0 Å². The highest BCUT2D eigenvalue weighted by molar-refractivity contribution is 7.45. The van der Waals surface area contributed by atoms with Gasteiger partial charge in [0.15, 0.2) is 6.10 Å². The molecule has 0 N–H and O–H groups in total. The topological polar surface area (TPSA) is 111 Å². The van der Waals surface area contributed by atoms with Crippen LogP contribution in [0.1, 0.15) is 206 Å². The Balaban J connectivity index is 4.31. The molecule has 370 valence electrons. The van der Waals surface area contributed by atoms with Crippen LogP contribution in [0.25, 0.3) is 0 Å². The Labute approximate surface area is 393 Å². The first-order valence-corrected chi connectivity index (χ1v) is 27.1. The zero-order valence-electron chi connectivity index (χ0n) is 41.7. The Morgan fingerprint density at radius 2 is 0.891 bits per heavy atom. The highest BCUT2D eigenvalue weighted by Gasteiger charge is 2.21. The number of esters is 2. The van der Waals surface area contributed by atoms with Gasteiger partial charge in [-0.1, -0.05) is 183 Å². The van der Waals surface area contributed by atoms with Gasteiger partial charge in [-0.3, -0.25) is 14.2 Å². The molecule has 9 nitrogen and oxygen atoms in total. The van der Waals surface area contributed by atoms with E-state index in [1.54, 1.807) is 0 Å². The second-order valence-corrected chi connectivity index (χ2v) is 19.6. The van der Waals surface area contributed by atoms with Crippen molar-refractivity contribution in [2.75, 3.05) is 47.5 Å². The van der Waals surface area contributed by atoms with Gasteiger partial charge in [0.2, 0.25) is 0 Å². The summed E-state index contributed by atoms with van der Waals surface area (Å²) >= 11 is 0. The number of nitrogens with zero attached hydrogens (tertiary/aromatic N) is 1. The number of allylic oxidation sites excluding steroid dienone is 12.